The number of rotatable bonds is 7. The van der Waals surface area contributed by atoms with Gasteiger partial charge in [-0.2, -0.15) is 4.31 Å². The number of sulfonamides is 1. The second-order valence-electron chi connectivity index (χ2n) is 8.13. The van der Waals surface area contributed by atoms with E-state index in [0.29, 0.717) is 15.7 Å². The SMILES string of the molecule is O=C(Nc1cc(Cl)cc(Cl)c1)[C@H](c1ccccc1)N1CCN(S(=O)(=O)c2ccccc2[N+](=O)[O-])CC1. The van der Waals surface area contributed by atoms with Crippen LogP contribution >= 0.6 is 23.2 Å². The van der Waals surface area contributed by atoms with Crippen LogP contribution in [0.1, 0.15) is 11.6 Å². The van der Waals surface area contributed by atoms with Crippen LogP contribution in [0.25, 0.3) is 0 Å². The topological polar surface area (TPSA) is 113 Å². The first-order valence-corrected chi connectivity index (χ1v) is 13.2. The zero-order valence-corrected chi connectivity index (χ0v) is 21.2. The monoisotopic (exact) mass is 548 g/mol. The van der Waals surface area contributed by atoms with Crippen molar-refractivity contribution in [3.63, 3.8) is 0 Å². The summed E-state index contributed by atoms with van der Waals surface area (Å²) in [7, 11) is -4.09. The molecule has 0 bridgehead atoms. The molecular formula is C24H22Cl2N4O5S. The largest absolute Gasteiger partial charge is 0.324 e. The minimum absolute atomic E-state index is 0.0635. The van der Waals surface area contributed by atoms with Crippen molar-refractivity contribution < 1.29 is 18.1 Å². The number of amides is 1. The lowest BCUT2D eigenvalue weighted by Gasteiger charge is -2.38. The Morgan fingerprint density at radius 2 is 1.50 bits per heavy atom. The number of nitrogens with zero attached hydrogens (tertiary/aromatic N) is 3. The van der Waals surface area contributed by atoms with Gasteiger partial charge in [0.05, 0.1) is 4.92 Å². The maximum Gasteiger partial charge on any atom is 0.289 e. The quantitative estimate of drug-likeness (QED) is 0.341. The van der Waals surface area contributed by atoms with Crippen LogP contribution in [-0.2, 0) is 14.8 Å². The molecule has 0 radical (unpaired) electrons. The number of nitrogens with one attached hydrogen (secondary N) is 1. The molecule has 1 saturated heterocycles. The number of nitro benzene ring substituents is 1. The first kappa shape index (κ1) is 26.1. The van der Waals surface area contributed by atoms with Gasteiger partial charge in [0.15, 0.2) is 4.90 Å². The van der Waals surface area contributed by atoms with Gasteiger partial charge in [0.1, 0.15) is 6.04 Å². The first-order valence-electron chi connectivity index (χ1n) is 11.0. The fourth-order valence-electron chi connectivity index (χ4n) is 4.17. The number of para-hydroxylation sites is 1. The Labute approximate surface area is 218 Å². The normalized spacial score (nSPS) is 15.8. The van der Waals surface area contributed by atoms with Gasteiger partial charge >= 0.3 is 0 Å². The number of carbonyl (C=O) groups excluding carboxylic acids is 1. The van der Waals surface area contributed by atoms with Crippen LogP contribution in [0.15, 0.2) is 77.7 Å². The molecule has 1 heterocycles. The summed E-state index contributed by atoms with van der Waals surface area (Å²) in [6.45, 7) is 0.605. The Bertz CT molecular complexity index is 1360. The minimum Gasteiger partial charge on any atom is -0.324 e. The summed E-state index contributed by atoms with van der Waals surface area (Å²) in [5, 5.41) is 15.0. The van der Waals surface area contributed by atoms with Crippen LogP contribution in [0.2, 0.25) is 10.0 Å². The Hall–Kier alpha value is -3.02. The average molecular weight is 549 g/mol. The molecular weight excluding hydrogens is 527 g/mol. The molecule has 1 fully saturated rings. The van der Waals surface area contributed by atoms with Crippen molar-refractivity contribution in [1.82, 2.24) is 9.21 Å². The second-order valence-corrected chi connectivity index (χ2v) is 10.9. The van der Waals surface area contributed by atoms with Gasteiger partial charge in [0, 0.05) is 48.0 Å². The van der Waals surface area contributed by atoms with E-state index in [9.17, 15) is 23.3 Å². The summed E-state index contributed by atoms with van der Waals surface area (Å²) in [6.07, 6.45) is 0. The summed E-state index contributed by atoms with van der Waals surface area (Å²) >= 11 is 12.1. The molecule has 3 aromatic rings. The van der Waals surface area contributed by atoms with E-state index in [1.54, 1.807) is 18.2 Å². The number of carbonyl (C=O) groups is 1. The number of nitro groups is 1. The van der Waals surface area contributed by atoms with E-state index >= 15 is 0 Å². The molecule has 1 aliphatic rings. The highest BCUT2D eigenvalue weighted by molar-refractivity contribution is 7.89. The van der Waals surface area contributed by atoms with Crippen molar-refractivity contribution in [3.8, 4) is 0 Å². The molecule has 36 heavy (non-hydrogen) atoms. The van der Waals surface area contributed by atoms with Crippen molar-refractivity contribution in [3.05, 3.63) is 98.5 Å². The van der Waals surface area contributed by atoms with Crippen LogP contribution < -0.4 is 5.32 Å². The smallest absolute Gasteiger partial charge is 0.289 e. The number of piperazine rings is 1. The molecule has 1 N–H and O–H groups in total. The van der Waals surface area contributed by atoms with Crippen LogP contribution in [0.3, 0.4) is 0 Å². The predicted molar refractivity (Wildman–Crippen MR) is 138 cm³/mol. The van der Waals surface area contributed by atoms with Gasteiger partial charge in [-0.05, 0) is 29.8 Å². The van der Waals surface area contributed by atoms with Crippen molar-refractivity contribution in [2.45, 2.75) is 10.9 Å². The summed E-state index contributed by atoms with van der Waals surface area (Å²) in [5.74, 6) is -0.325. The van der Waals surface area contributed by atoms with Gasteiger partial charge in [0.2, 0.25) is 15.9 Å². The Kier molecular flexibility index (Phi) is 7.91. The van der Waals surface area contributed by atoms with E-state index in [0.717, 1.165) is 5.56 Å². The minimum atomic E-state index is -4.09. The maximum atomic E-state index is 13.4. The average Bonchev–Trinajstić information content (AvgIpc) is 2.84. The number of halogens is 2. The summed E-state index contributed by atoms with van der Waals surface area (Å²) < 4.78 is 27.6. The van der Waals surface area contributed by atoms with Crippen molar-refractivity contribution in [1.29, 1.82) is 0 Å². The van der Waals surface area contributed by atoms with E-state index < -0.39 is 26.7 Å². The lowest BCUT2D eigenvalue weighted by atomic mass is 10.0. The van der Waals surface area contributed by atoms with Gasteiger partial charge in [0.25, 0.3) is 5.69 Å². The van der Waals surface area contributed by atoms with Gasteiger partial charge < -0.3 is 5.32 Å². The molecule has 0 aliphatic carbocycles. The van der Waals surface area contributed by atoms with Gasteiger partial charge in [-0.15, -0.1) is 0 Å². The lowest BCUT2D eigenvalue weighted by molar-refractivity contribution is -0.387. The molecule has 0 saturated carbocycles. The van der Waals surface area contributed by atoms with Crippen molar-refractivity contribution in [2.75, 3.05) is 31.5 Å². The molecule has 1 aliphatic heterocycles. The maximum absolute atomic E-state index is 13.4. The molecule has 1 amide bonds. The van der Waals surface area contributed by atoms with Crippen LogP contribution in [0.5, 0.6) is 0 Å². The number of anilines is 1. The van der Waals surface area contributed by atoms with Gasteiger partial charge in [-0.25, -0.2) is 8.42 Å². The molecule has 9 nitrogen and oxygen atoms in total. The van der Waals surface area contributed by atoms with Gasteiger partial charge in [-0.1, -0.05) is 65.7 Å². The van der Waals surface area contributed by atoms with E-state index in [4.69, 9.17) is 23.2 Å². The molecule has 0 unspecified atom stereocenters. The van der Waals surface area contributed by atoms with Crippen LogP contribution in [0.4, 0.5) is 11.4 Å². The highest BCUT2D eigenvalue weighted by atomic mass is 35.5. The molecule has 0 spiro atoms. The van der Waals surface area contributed by atoms with Gasteiger partial charge in [-0.3, -0.25) is 19.8 Å². The zero-order chi connectivity index (χ0) is 25.9. The highest BCUT2D eigenvalue weighted by Crippen LogP contribution is 2.30. The summed E-state index contributed by atoms with van der Waals surface area (Å²) in [5.41, 5.74) is 0.704. The molecule has 4 rings (SSSR count). The van der Waals surface area contributed by atoms with E-state index in [1.165, 1.54) is 28.6 Å². The van der Waals surface area contributed by atoms with Crippen LogP contribution in [0, 0.1) is 10.1 Å². The molecule has 1 atom stereocenters. The Balaban J connectivity index is 1.56. The van der Waals surface area contributed by atoms with Crippen molar-refractivity contribution >= 4 is 50.5 Å². The predicted octanol–water partition coefficient (Wildman–Crippen LogP) is 4.59. The Morgan fingerprint density at radius 1 is 0.917 bits per heavy atom. The molecule has 0 aromatic heterocycles. The molecule has 3 aromatic carbocycles. The third-order valence-electron chi connectivity index (χ3n) is 5.81. The summed E-state index contributed by atoms with van der Waals surface area (Å²) in [6, 6.07) is 18.4. The van der Waals surface area contributed by atoms with Crippen LogP contribution in [-0.4, -0.2) is 54.6 Å². The zero-order valence-electron chi connectivity index (χ0n) is 18.9. The number of benzene rings is 3. The fourth-order valence-corrected chi connectivity index (χ4v) is 6.27. The molecule has 188 valence electrons. The Morgan fingerprint density at radius 3 is 2.11 bits per heavy atom. The second kappa shape index (κ2) is 10.9. The summed E-state index contributed by atoms with van der Waals surface area (Å²) in [4.78, 5) is 25.6. The number of hydrogen-bond acceptors (Lipinski definition) is 6. The van der Waals surface area contributed by atoms with Crippen molar-refractivity contribution in [2.24, 2.45) is 0 Å². The first-order chi connectivity index (χ1) is 17.2. The number of hydrogen-bond donors (Lipinski definition) is 1. The molecule has 12 heteroatoms. The highest BCUT2D eigenvalue weighted by Gasteiger charge is 2.37. The fraction of sp³-hybridized carbons (Fsp3) is 0.208. The standard InChI is InChI=1S/C24H22Cl2N4O5S/c25-18-14-19(26)16-20(15-18)27-24(31)23(17-6-2-1-3-7-17)28-10-12-29(13-11-28)36(34,35)22-9-5-4-8-21(22)30(32)33/h1-9,14-16,23H,10-13H2,(H,27,31)/t23-/m0/s1. The van der Waals surface area contributed by atoms with E-state index in [2.05, 4.69) is 5.32 Å². The van der Waals surface area contributed by atoms with E-state index in [-0.39, 0.29) is 37.0 Å². The third kappa shape index (κ3) is 5.69. The third-order valence-corrected chi connectivity index (χ3v) is 8.19. The lowest BCUT2D eigenvalue weighted by Crippen LogP contribution is -2.51. The van der Waals surface area contributed by atoms with E-state index in [1.807, 2.05) is 35.2 Å².